The fourth-order valence-electron chi connectivity index (χ4n) is 2.39. The lowest BCUT2D eigenvalue weighted by molar-refractivity contribution is 0.0510. The Balaban J connectivity index is 2.41. The van der Waals surface area contributed by atoms with Crippen LogP contribution in [0.5, 0.6) is 0 Å². The minimum Gasteiger partial charge on any atom is -0.461 e. The summed E-state index contributed by atoms with van der Waals surface area (Å²) >= 11 is 0. The van der Waals surface area contributed by atoms with Crippen molar-refractivity contribution in [3.63, 3.8) is 0 Å². The number of carbonyl (C=O) groups is 1. The van der Waals surface area contributed by atoms with Crippen LogP contribution in [-0.2, 0) is 24.1 Å². The van der Waals surface area contributed by atoms with Crippen molar-refractivity contribution in [3.8, 4) is 0 Å². The Hall–Kier alpha value is -1.32. The molecule has 0 radical (unpaired) electrons. The monoisotopic (exact) mass is 236 g/mol. The van der Waals surface area contributed by atoms with Crippen LogP contribution in [0.2, 0.25) is 0 Å². The zero-order chi connectivity index (χ0) is 12.4. The molecule has 0 N–H and O–H groups in total. The summed E-state index contributed by atoms with van der Waals surface area (Å²) in [6.45, 7) is 7.37. The molecule has 4 nitrogen and oxygen atoms in total. The van der Waals surface area contributed by atoms with Gasteiger partial charge in [0.05, 0.1) is 12.3 Å². The van der Waals surface area contributed by atoms with Crippen LogP contribution in [0.25, 0.3) is 0 Å². The Labute approximate surface area is 102 Å². The molecule has 0 saturated heterocycles. The number of esters is 1. The summed E-state index contributed by atoms with van der Waals surface area (Å²) in [4.78, 5) is 16.6. The zero-order valence-corrected chi connectivity index (χ0v) is 10.8. The minimum absolute atomic E-state index is 0.225. The first kappa shape index (κ1) is 12.1. The number of aromatic nitrogens is 2. The van der Waals surface area contributed by atoms with E-state index in [0.29, 0.717) is 18.2 Å². The van der Waals surface area contributed by atoms with Crippen LogP contribution in [0.15, 0.2) is 0 Å². The highest BCUT2D eigenvalue weighted by atomic mass is 16.5. The molecule has 0 aromatic carbocycles. The first-order valence-electron chi connectivity index (χ1n) is 6.42. The molecular formula is C13H20N2O2. The minimum atomic E-state index is -0.225. The van der Waals surface area contributed by atoms with E-state index in [9.17, 15) is 4.79 Å². The summed E-state index contributed by atoms with van der Waals surface area (Å²) in [6, 6.07) is 0. The van der Waals surface area contributed by atoms with E-state index in [-0.39, 0.29) is 5.97 Å². The molecule has 4 heteroatoms. The summed E-state index contributed by atoms with van der Waals surface area (Å²) in [7, 11) is 0. The second-order valence-corrected chi connectivity index (χ2v) is 4.65. The zero-order valence-electron chi connectivity index (χ0n) is 10.8. The van der Waals surface area contributed by atoms with Gasteiger partial charge in [-0.3, -0.25) is 0 Å². The van der Waals surface area contributed by atoms with Gasteiger partial charge in [-0.1, -0.05) is 13.8 Å². The van der Waals surface area contributed by atoms with Crippen LogP contribution in [0.3, 0.4) is 0 Å². The predicted octanol–water partition coefficient (Wildman–Crippen LogP) is 2.20. The third-order valence-electron chi connectivity index (χ3n) is 3.28. The predicted molar refractivity (Wildman–Crippen MR) is 65.0 cm³/mol. The van der Waals surface area contributed by atoms with Gasteiger partial charge in [0.2, 0.25) is 0 Å². The number of hydrogen-bond donors (Lipinski definition) is 0. The molecule has 0 fully saturated rings. The Bertz CT molecular complexity index is 423. The van der Waals surface area contributed by atoms with E-state index in [1.807, 2.05) is 13.8 Å². The van der Waals surface area contributed by atoms with Gasteiger partial charge in [0.15, 0.2) is 5.69 Å². The standard InChI is InChI=1S/C13H20N2O2/c1-4-10-12(13(16)17-5-2)15-8-9(3)6-7-11(15)14-10/h9H,4-8H2,1-3H3. The first-order valence-corrected chi connectivity index (χ1v) is 6.42. The van der Waals surface area contributed by atoms with Gasteiger partial charge in [-0.2, -0.15) is 0 Å². The Morgan fingerprint density at radius 1 is 1.53 bits per heavy atom. The van der Waals surface area contributed by atoms with Gasteiger partial charge >= 0.3 is 5.97 Å². The van der Waals surface area contributed by atoms with E-state index >= 15 is 0 Å². The first-order chi connectivity index (χ1) is 8.17. The second-order valence-electron chi connectivity index (χ2n) is 4.65. The topological polar surface area (TPSA) is 44.1 Å². The normalized spacial score (nSPS) is 18.9. The molecule has 2 rings (SSSR count). The molecule has 17 heavy (non-hydrogen) atoms. The van der Waals surface area contributed by atoms with E-state index in [1.165, 1.54) is 0 Å². The number of carbonyl (C=O) groups excluding carboxylic acids is 1. The van der Waals surface area contributed by atoms with Crippen molar-refractivity contribution in [2.24, 2.45) is 5.92 Å². The maximum Gasteiger partial charge on any atom is 0.356 e. The molecular weight excluding hydrogens is 216 g/mol. The second kappa shape index (κ2) is 4.90. The fraction of sp³-hybridized carbons (Fsp3) is 0.692. The van der Waals surface area contributed by atoms with E-state index in [4.69, 9.17) is 4.74 Å². The number of imidazole rings is 1. The fourth-order valence-corrected chi connectivity index (χ4v) is 2.39. The van der Waals surface area contributed by atoms with Crippen LogP contribution in [-0.4, -0.2) is 22.1 Å². The number of fused-ring (bicyclic) bond motifs is 1. The molecule has 0 saturated carbocycles. The van der Waals surface area contributed by atoms with Crippen molar-refractivity contribution in [1.82, 2.24) is 9.55 Å². The molecule has 94 valence electrons. The van der Waals surface area contributed by atoms with Crippen molar-refractivity contribution in [2.45, 2.75) is 46.6 Å². The van der Waals surface area contributed by atoms with Gasteiger partial charge in [0.1, 0.15) is 5.82 Å². The van der Waals surface area contributed by atoms with E-state index < -0.39 is 0 Å². The summed E-state index contributed by atoms with van der Waals surface area (Å²) in [6.07, 6.45) is 2.90. The maximum atomic E-state index is 12.0. The molecule has 1 unspecified atom stereocenters. The van der Waals surface area contributed by atoms with Crippen LogP contribution in [0.1, 0.15) is 49.2 Å². The van der Waals surface area contributed by atoms with Crippen molar-refractivity contribution < 1.29 is 9.53 Å². The van der Waals surface area contributed by atoms with Crippen molar-refractivity contribution in [2.75, 3.05) is 6.61 Å². The Morgan fingerprint density at radius 2 is 2.29 bits per heavy atom. The third-order valence-corrected chi connectivity index (χ3v) is 3.28. The number of hydrogen-bond acceptors (Lipinski definition) is 3. The number of nitrogens with zero attached hydrogens (tertiary/aromatic N) is 2. The molecule has 2 heterocycles. The van der Waals surface area contributed by atoms with Gasteiger partial charge in [0.25, 0.3) is 0 Å². The third kappa shape index (κ3) is 2.21. The highest BCUT2D eigenvalue weighted by molar-refractivity contribution is 5.89. The molecule has 0 bridgehead atoms. The largest absolute Gasteiger partial charge is 0.461 e. The lowest BCUT2D eigenvalue weighted by atomic mass is 10.0. The van der Waals surface area contributed by atoms with Gasteiger partial charge < -0.3 is 9.30 Å². The average Bonchev–Trinajstić information content (AvgIpc) is 2.66. The van der Waals surface area contributed by atoms with Gasteiger partial charge in [0, 0.05) is 13.0 Å². The molecule has 1 aromatic heterocycles. The van der Waals surface area contributed by atoms with E-state index in [2.05, 4.69) is 16.5 Å². The number of ether oxygens (including phenoxy) is 1. The smallest absolute Gasteiger partial charge is 0.356 e. The van der Waals surface area contributed by atoms with Crippen LogP contribution in [0.4, 0.5) is 0 Å². The molecule has 1 atom stereocenters. The summed E-state index contributed by atoms with van der Waals surface area (Å²) in [5.41, 5.74) is 1.56. The van der Waals surface area contributed by atoms with Crippen molar-refractivity contribution >= 4 is 5.97 Å². The van der Waals surface area contributed by atoms with Crippen LogP contribution < -0.4 is 0 Å². The molecule has 0 spiro atoms. The maximum absolute atomic E-state index is 12.0. The molecule has 1 aliphatic heterocycles. The molecule has 0 amide bonds. The summed E-state index contributed by atoms with van der Waals surface area (Å²) < 4.78 is 7.19. The lowest BCUT2D eigenvalue weighted by Gasteiger charge is -2.21. The number of aryl methyl sites for hydroxylation is 2. The van der Waals surface area contributed by atoms with Crippen molar-refractivity contribution in [3.05, 3.63) is 17.2 Å². The molecule has 1 aromatic rings. The summed E-state index contributed by atoms with van der Waals surface area (Å²) in [5, 5.41) is 0. The number of rotatable bonds is 3. The van der Waals surface area contributed by atoms with Gasteiger partial charge in [-0.15, -0.1) is 0 Å². The van der Waals surface area contributed by atoms with Crippen LogP contribution >= 0.6 is 0 Å². The summed E-state index contributed by atoms with van der Waals surface area (Å²) in [5.74, 6) is 1.43. The van der Waals surface area contributed by atoms with Gasteiger partial charge in [-0.05, 0) is 25.7 Å². The van der Waals surface area contributed by atoms with Crippen molar-refractivity contribution in [1.29, 1.82) is 0 Å². The molecule has 0 aliphatic carbocycles. The van der Waals surface area contributed by atoms with E-state index in [0.717, 1.165) is 37.3 Å². The average molecular weight is 236 g/mol. The Kier molecular flexibility index (Phi) is 3.50. The molecule has 1 aliphatic rings. The SMILES string of the molecule is CCOC(=O)c1c(CC)nc2n1CC(C)CC2. The highest BCUT2D eigenvalue weighted by Gasteiger charge is 2.26. The Morgan fingerprint density at radius 3 is 2.94 bits per heavy atom. The van der Waals surface area contributed by atoms with Crippen LogP contribution in [0, 0.1) is 5.92 Å². The highest BCUT2D eigenvalue weighted by Crippen LogP contribution is 2.24. The lowest BCUT2D eigenvalue weighted by Crippen LogP contribution is -2.22. The van der Waals surface area contributed by atoms with E-state index in [1.54, 1.807) is 0 Å². The van der Waals surface area contributed by atoms with Gasteiger partial charge in [-0.25, -0.2) is 9.78 Å². The quantitative estimate of drug-likeness (QED) is 0.756.